The SMILES string of the molecule is O=[C-]c1ccc(COc2nn3c(-c4cc(CO)on4)nnc3c3ccccc23)nc1.[Y]. The summed E-state index contributed by atoms with van der Waals surface area (Å²) in [7, 11) is 0. The molecule has 0 bridgehead atoms. The third-order valence-electron chi connectivity index (χ3n) is 4.47. The topological polar surface area (TPSA) is 129 Å². The van der Waals surface area contributed by atoms with E-state index in [0.717, 1.165) is 10.8 Å². The number of nitrogens with zero attached hydrogens (tertiary/aromatic N) is 6. The van der Waals surface area contributed by atoms with Gasteiger partial charge in [-0.3, -0.25) is 0 Å². The molecule has 4 heterocycles. The van der Waals surface area contributed by atoms with Crippen molar-refractivity contribution in [3.05, 3.63) is 65.7 Å². The Labute approximate surface area is 200 Å². The Hall–Kier alpha value is -3.08. The van der Waals surface area contributed by atoms with Crippen molar-refractivity contribution in [2.45, 2.75) is 13.2 Å². The molecule has 0 aliphatic carbocycles. The number of hydrogen-bond acceptors (Lipinski definition) is 9. The molecule has 1 radical (unpaired) electrons. The van der Waals surface area contributed by atoms with Crippen molar-refractivity contribution in [1.29, 1.82) is 0 Å². The molecule has 5 aromatic rings. The fourth-order valence-electron chi connectivity index (χ4n) is 3.02. The zero-order valence-corrected chi connectivity index (χ0v) is 18.8. The van der Waals surface area contributed by atoms with Gasteiger partial charge in [-0.05, 0) is 6.07 Å². The maximum atomic E-state index is 10.7. The van der Waals surface area contributed by atoms with Crippen molar-refractivity contribution in [3.8, 4) is 17.4 Å². The molecular weight excluding hydrogens is 477 g/mol. The summed E-state index contributed by atoms with van der Waals surface area (Å²) in [5, 5.41) is 27.7. The van der Waals surface area contributed by atoms with Gasteiger partial charge in [0.1, 0.15) is 13.2 Å². The minimum Gasteiger partial charge on any atom is -0.470 e. The van der Waals surface area contributed by atoms with Crippen LogP contribution in [0.1, 0.15) is 17.0 Å². The van der Waals surface area contributed by atoms with Crippen molar-refractivity contribution in [2.24, 2.45) is 0 Å². The van der Waals surface area contributed by atoms with E-state index in [9.17, 15) is 9.90 Å². The summed E-state index contributed by atoms with van der Waals surface area (Å²) < 4.78 is 12.5. The predicted octanol–water partition coefficient (Wildman–Crippen LogP) is 1.85. The van der Waals surface area contributed by atoms with E-state index in [1.807, 2.05) is 24.3 Å². The smallest absolute Gasteiger partial charge is 0.240 e. The number of carbonyl (C=O) groups excluding carboxylic acids is 1. The maximum Gasteiger partial charge on any atom is 0.240 e. The minimum absolute atomic E-state index is 0. The average molecular weight is 490 g/mol. The van der Waals surface area contributed by atoms with E-state index < -0.39 is 0 Å². The van der Waals surface area contributed by atoms with Gasteiger partial charge >= 0.3 is 0 Å². The van der Waals surface area contributed by atoms with Gasteiger partial charge in [0.15, 0.2) is 17.1 Å². The molecule has 0 fully saturated rings. The van der Waals surface area contributed by atoms with Crippen molar-refractivity contribution in [3.63, 3.8) is 0 Å². The molecule has 0 atom stereocenters. The number of ether oxygens (including phenoxy) is 1. The molecule has 151 valence electrons. The van der Waals surface area contributed by atoms with Crippen molar-refractivity contribution in [2.75, 3.05) is 0 Å². The molecule has 0 amide bonds. The van der Waals surface area contributed by atoms with E-state index in [4.69, 9.17) is 9.26 Å². The second kappa shape index (κ2) is 8.97. The van der Waals surface area contributed by atoms with Gasteiger partial charge in [0.25, 0.3) is 0 Å². The van der Waals surface area contributed by atoms with Gasteiger partial charge in [-0.15, -0.1) is 20.9 Å². The maximum absolute atomic E-state index is 10.7. The van der Waals surface area contributed by atoms with Crippen LogP contribution in [-0.4, -0.2) is 41.3 Å². The Morgan fingerprint density at radius 2 is 1.97 bits per heavy atom. The van der Waals surface area contributed by atoms with Crippen LogP contribution in [0.5, 0.6) is 5.88 Å². The fraction of sp³-hybridized carbons (Fsp3) is 0.100. The predicted molar refractivity (Wildman–Crippen MR) is 103 cm³/mol. The first-order chi connectivity index (χ1) is 14.8. The first kappa shape index (κ1) is 21.2. The number of hydrogen-bond donors (Lipinski definition) is 1. The van der Waals surface area contributed by atoms with Gasteiger partial charge in [-0.1, -0.05) is 35.6 Å². The first-order valence-electron chi connectivity index (χ1n) is 8.93. The van der Waals surface area contributed by atoms with Crippen LogP contribution in [0.2, 0.25) is 0 Å². The fourth-order valence-corrected chi connectivity index (χ4v) is 3.02. The normalized spacial score (nSPS) is 10.9. The van der Waals surface area contributed by atoms with Crippen LogP contribution in [0.15, 0.2) is 53.2 Å². The largest absolute Gasteiger partial charge is 0.470 e. The summed E-state index contributed by atoms with van der Waals surface area (Å²) >= 11 is 0. The number of pyridine rings is 1. The Morgan fingerprint density at radius 1 is 1.13 bits per heavy atom. The van der Waals surface area contributed by atoms with Gasteiger partial charge in [-0.2, -0.15) is 10.6 Å². The summed E-state index contributed by atoms with van der Waals surface area (Å²) in [5.74, 6) is 1.02. The Balaban J connectivity index is 0.00000231. The van der Waals surface area contributed by atoms with E-state index in [1.54, 1.807) is 24.5 Å². The molecule has 5 rings (SSSR count). The molecule has 0 aliphatic rings. The number of fused-ring (bicyclic) bond motifs is 3. The molecule has 11 heteroatoms. The van der Waals surface area contributed by atoms with Crippen LogP contribution in [0, 0.1) is 0 Å². The van der Waals surface area contributed by atoms with Gasteiger partial charge in [0.2, 0.25) is 11.7 Å². The van der Waals surface area contributed by atoms with E-state index in [1.165, 1.54) is 10.7 Å². The van der Waals surface area contributed by atoms with Crippen molar-refractivity contribution >= 4 is 22.7 Å². The molecular formula is C20H13N6O4Y-. The zero-order valence-electron chi connectivity index (χ0n) is 16.0. The molecule has 0 unspecified atom stereocenters. The summed E-state index contributed by atoms with van der Waals surface area (Å²) in [5.41, 5.74) is 1.92. The van der Waals surface area contributed by atoms with Gasteiger partial charge in [0, 0.05) is 49.5 Å². The Bertz CT molecular complexity index is 1370. The third-order valence-corrected chi connectivity index (χ3v) is 4.47. The summed E-state index contributed by atoms with van der Waals surface area (Å²) in [6.45, 7) is -0.125. The number of aliphatic hydroxyl groups is 1. The van der Waals surface area contributed by atoms with Crippen LogP contribution < -0.4 is 4.74 Å². The molecule has 0 saturated carbocycles. The molecule has 0 saturated heterocycles. The van der Waals surface area contributed by atoms with Gasteiger partial charge in [-0.25, -0.2) is 0 Å². The number of rotatable bonds is 6. The average Bonchev–Trinajstić information content (AvgIpc) is 3.44. The second-order valence-corrected chi connectivity index (χ2v) is 6.38. The number of benzene rings is 1. The number of aromatic nitrogens is 6. The number of aliphatic hydroxyl groups excluding tert-OH is 1. The van der Waals surface area contributed by atoms with Gasteiger partial charge in [0.05, 0.1) is 12.0 Å². The Kier molecular flexibility index (Phi) is 6.12. The summed E-state index contributed by atoms with van der Waals surface area (Å²) in [6.07, 6.45) is 3.22. The quantitative estimate of drug-likeness (QED) is 0.355. The van der Waals surface area contributed by atoms with E-state index in [-0.39, 0.29) is 45.9 Å². The van der Waals surface area contributed by atoms with Crippen LogP contribution >= 0.6 is 0 Å². The minimum atomic E-state index is -0.276. The summed E-state index contributed by atoms with van der Waals surface area (Å²) in [6, 6.07) is 12.4. The molecule has 4 aromatic heterocycles. The molecule has 1 N–H and O–H groups in total. The zero-order chi connectivity index (χ0) is 20.5. The second-order valence-electron chi connectivity index (χ2n) is 6.38. The first-order valence-corrected chi connectivity index (χ1v) is 8.93. The van der Waals surface area contributed by atoms with Crippen molar-refractivity contribution < 1.29 is 51.9 Å². The summed E-state index contributed by atoms with van der Waals surface area (Å²) in [4.78, 5) is 14.8. The van der Waals surface area contributed by atoms with E-state index in [2.05, 4.69) is 25.4 Å². The molecule has 31 heavy (non-hydrogen) atoms. The molecule has 10 nitrogen and oxygen atoms in total. The van der Waals surface area contributed by atoms with Crippen LogP contribution in [-0.2, 0) is 50.7 Å². The van der Waals surface area contributed by atoms with E-state index in [0.29, 0.717) is 40.1 Å². The van der Waals surface area contributed by atoms with Crippen LogP contribution in [0.4, 0.5) is 0 Å². The Morgan fingerprint density at radius 3 is 2.68 bits per heavy atom. The molecule has 0 spiro atoms. The monoisotopic (exact) mass is 490 g/mol. The third kappa shape index (κ3) is 3.97. The van der Waals surface area contributed by atoms with Crippen molar-refractivity contribution in [1.82, 2.24) is 30.0 Å². The molecule has 1 aromatic carbocycles. The molecule has 0 aliphatic heterocycles. The van der Waals surface area contributed by atoms with Crippen LogP contribution in [0.3, 0.4) is 0 Å². The standard InChI is InChI=1S/C20H13N6O4.Y/c27-9-12-5-6-13(21-8-12)11-29-20-16-4-2-1-3-15(16)18-22-23-19(26(18)24-20)17-7-14(10-28)30-25-17;/h1-8,28H,10-11H2;/q-1;. The van der Waals surface area contributed by atoms with Crippen LogP contribution in [0.25, 0.3) is 27.9 Å². The van der Waals surface area contributed by atoms with E-state index >= 15 is 0 Å². The van der Waals surface area contributed by atoms with Gasteiger partial charge < -0.3 is 24.1 Å².